The summed E-state index contributed by atoms with van der Waals surface area (Å²) in [4.78, 5) is 19.8. The maximum absolute atomic E-state index is 13.0. The lowest BCUT2D eigenvalue weighted by Gasteiger charge is -2.18. The molecule has 5 nitrogen and oxygen atoms in total. The fraction of sp³-hybridized carbons (Fsp3) is 0.267. The van der Waals surface area contributed by atoms with Crippen LogP contribution in [0.15, 0.2) is 89.9 Å². The number of hydrogen-bond acceptors (Lipinski definition) is 3. The Balaban J connectivity index is 1.28. The third kappa shape index (κ3) is 5.24. The van der Waals surface area contributed by atoms with E-state index < -0.39 is 0 Å². The van der Waals surface area contributed by atoms with Crippen LogP contribution in [0.5, 0.6) is 5.75 Å². The quantitative estimate of drug-likeness (QED) is 0.161. The molecule has 1 aliphatic rings. The van der Waals surface area contributed by atoms with E-state index >= 15 is 0 Å². The number of imidazole rings is 1. The first kappa shape index (κ1) is 24.3. The van der Waals surface area contributed by atoms with Crippen LogP contribution < -0.4 is 9.64 Å². The van der Waals surface area contributed by atoms with Crippen molar-refractivity contribution in [1.82, 2.24) is 9.55 Å². The molecule has 0 spiro atoms. The Morgan fingerprint density at radius 3 is 2.75 bits per heavy atom. The van der Waals surface area contributed by atoms with Crippen molar-refractivity contribution in [3.63, 3.8) is 0 Å². The van der Waals surface area contributed by atoms with Gasteiger partial charge in [0.05, 0.1) is 17.6 Å². The molecular weight excluding hydrogens is 514 g/mol. The summed E-state index contributed by atoms with van der Waals surface area (Å²) in [5.41, 5.74) is 4.19. The van der Waals surface area contributed by atoms with Crippen molar-refractivity contribution in [2.45, 2.75) is 38.1 Å². The summed E-state index contributed by atoms with van der Waals surface area (Å²) in [5, 5.41) is 0. The molecule has 6 heteroatoms. The lowest BCUT2D eigenvalue weighted by Crippen LogP contribution is -2.24. The Hall–Kier alpha value is -3.38. The molecule has 0 aliphatic carbocycles. The second-order valence-corrected chi connectivity index (χ2v) is 10.1. The fourth-order valence-corrected chi connectivity index (χ4v) is 5.32. The molecule has 0 radical (unpaired) electrons. The SMILES string of the molecule is C=CCc1ccccc1OCCCCn1c(C2CC(=O)N(c3cccc(Br)c3)C2)nc2ccccc21. The third-order valence-corrected chi connectivity index (χ3v) is 7.16. The molecule has 1 saturated heterocycles. The van der Waals surface area contributed by atoms with E-state index in [0.29, 0.717) is 19.6 Å². The number of para-hydroxylation sites is 3. The number of anilines is 1. The number of aromatic nitrogens is 2. The molecule has 1 aromatic heterocycles. The topological polar surface area (TPSA) is 47.4 Å². The number of carbonyl (C=O) groups is 1. The molecule has 1 aliphatic heterocycles. The van der Waals surface area contributed by atoms with E-state index in [1.165, 1.54) is 0 Å². The molecule has 3 aromatic carbocycles. The number of aryl methyl sites for hydroxylation is 1. The van der Waals surface area contributed by atoms with Gasteiger partial charge >= 0.3 is 0 Å². The van der Waals surface area contributed by atoms with E-state index in [1.54, 1.807) is 0 Å². The monoisotopic (exact) mass is 543 g/mol. The van der Waals surface area contributed by atoms with Crippen LogP contribution in [0.4, 0.5) is 5.69 Å². The van der Waals surface area contributed by atoms with Gasteiger partial charge in [0.2, 0.25) is 5.91 Å². The molecule has 5 rings (SSSR count). The summed E-state index contributed by atoms with van der Waals surface area (Å²) in [6, 6.07) is 24.3. The zero-order chi connectivity index (χ0) is 24.9. The highest BCUT2D eigenvalue weighted by atomic mass is 79.9. The molecule has 1 atom stereocenters. The van der Waals surface area contributed by atoms with Crippen LogP contribution in [-0.4, -0.2) is 28.6 Å². The number of ether oxygens (including phenoxy) is 1. The maximum atomic E-state index is 13.0. The van der Waals surface area contributed by atoms with Crippen molar-refractivity contribution in [1.29, 1.82) is 0 Å². The highest BCUT2D eigenvalue weighted by molar-refractivity contribution is 9.10. The fourth-order valence-electron chi connectivity index (χ4n) is 4.94. The van der Waals surface area contributed by atoms with Crippen LogP contribution in [0.3, 0.4) is 0 Å². The van der Waals surface area contributed by atoms with E-state index in [0.717, 1.165) is 64.1 Å². The molecule has 0 N–H and O–H groups in total. The Kier molecular flexibility index (Phi) is 7.52. The normalized spacial score (nSPS) is 15.5. The molecule has 2 heterocycles. The van der Waals surface area contributed by atoms with Crippen LogP contribution in [-0.2, 0) is 17.8 Å². The first-order valence-corrected chi connectivity index (χ1v) is 13.3. The Morgan fingerprint density at radius 2 is 1.89 bits per heavy atom. The second kappa shape index (κ2) is 11.1. The number of nitrogens with zero attached hydrogens (tertiary/aromatic N) is 3. The Morgan fingerprint density at radius 1 is 1.06 bits per heavy atom. The first-order chi connectivity index (χ1) is 17.6. The minimum absolute atomic E-state index is 0.0610. The van der Waals surface area contributed by atoms with Gasteiger partial charge in [0, 0.05) is 35.6 Å². The molecule has 1 unspecified atom stereocenters. The Bertz CT molecular complexity index is 1380. The number of halogens is 1. The van der Waals surface area contributed by atoms with Crippen molar-refractivity contribution in [3.8, 4) is 5.75 Å². The number of amides is 1. The molecular formula is C30H30BrN3O2. The van der Waals surface area contributed by atoms with Gasteiger partial charge in [-0.05, 0) is 61.2 Å². The number of unbranched alkanes of at least 4 members (excludes halogenated alkanes) is 1. The molecule has 1 amide bonds. The zero-order valence-electron chi connectivity index (χ0n) is 20.3. The minimum Gasteiger partial charge on any atom is -0.493 e. The minimum atomic E-state index is 0.0610. The summed E-state index contributed by atoms with van der Waals surface area (Å²) in [6.07, 6.45) is 5.07. The van der Waals surface area contributed by atoms with Gasteiger partial charge in [-0.3, -0.25) is 4.79 Å². The summed E-state index contributed by atoms with van der Waals surface area (Å²) in [5.74, 6) is 2.14. The lowest BCUT2D eigenvalue weighted by molar-refractivity contribution is -0.117. The van der Waals surface area contributed by atoms with Crippen LogP contribution in [0.25, 0.3) is 11.0 Å². The van der Waals surface area contributed by atoms with Gasteiger partial charge in [0.1, 0.15) is 11.6 Å². The smallest absolute Gasteiger partial charge is 0.227 e. The average molecular weight is 544 g/mol. The average Bonchev–Trinajstić information content (AvgIpc) is 3.45. The van der Waals surface area contributed by atoms with Crippen molar-refractivity contribution in [2.75, 3.05) is 18.1 Å². The van der Waals surface area contributed by atoms with Gasteiger partial charge in [0.25, 0.3) is 0 Å². The molecule has 4 aromatic rings. The van der Waals surface area contributed by atoms with Gasteiger partial charge in [0.15, 0.2) is 0 Å². The van der Waals surface area contributed by atoms with Crippen LogP contribution >= 0.6 is 15.9 Å². The number of hydrogen-bond donors (Lipinski definition) is 0. The van der Waals surface area contributed by atoms with Crippen LogP contribution in [0.1, 0.15) is 36.6 Å². The van der Waals surface area contributed by atoms with Crippen molar-refractivity contribution in [3.05, 3.63) is 101 Å². The molecule has 184 valence electrons. The number of benzene rings is 3. The number of fused-ring (bicyclic) bond motifs is 1. The van der Waals surface area contributed by atoms with Gasteiger partial charge < -0.3 is 14.2 Å². The van der Waals surface area contributed by atoms with Gasteiger partial charge in [-0.25, -0.2) is 4.98 Å². The predicted molar refractivity (Wildman–Crippen MR) is 149 cm³/mol. The van der Waals surface area contributed by atoms with Crippen molar-refractivity contribution >= 4 is 38.6 Å². The summed E-state index contributed by atoms with van der Waals surface area (Å²) < 4.78 is 9.36. The van der Waals surface area contributed by atoms with E-state index in [2.05, 4.69) is 51.3 Å². The van der Waals surface area contributed by atoms with Crippen LogP contribution in [0, 0.1) is 0 Å². The first-order valence-electron chi connectivity index (χ1n) is 12.5. The number of rotatable bonds is 10. The van der Waals surface area contributed by atoms with Crippen molar-refractivity contribution < 1.29 is 9.53 Å². The summed E-state index contributed by atoms with van der Waals surface area (Å²) in [7, 11) is 0. The van der Waals surface area contributed by atoms with Gasteiger partial charge in [-0.2, -0.15) is 0 Å². The van der Waals surface area contributed by atoms with Crippen molar-refractivity contribution in [2.24, 2.45) is 0 Å². The van der Waals surface area contributed by atoms with Crippen LogP contribution in [0.2, 0.25) is 0 Å². The van der Waals surface area contributed by atoms with E-state index in [4.69, 9.17) is 9.72 Å². The lowest BCUT2D eigenvalue weighted by atomic mass is 10.1. The molecule has 0 bridgehead atoms. The Labute approximate surface area is 220 Å². The predicted octanol–water partition coefficient (Wildman–Crippen LogP) is 6.91. The zero-order valence-corrected chi connectivity index (χ0v) is 21.9. The third-order valence-electron chi connectivity index (χ3n) is 6.66. The molecule has 0 saturated carbocycles. The maximum Gasteiger partial charge on any atom is 0.227 e. The van der Waals surface area contributed by atoms with Gasteiger partial charge in [-0.15, -0.1) is 6.58 Å². The highest BCUT2D eigenvalue weighted by Gasteiger charge is 2.34. The van der Waals surface area contributed by atoms with Gasteiger partial charge in [-0.1, -0.05) is 58.4 Å². The molecule has 1 fully saturated rings. The molecule has 36 heavy (non-hydrogen) atoms. The highest BCUT2D eigenvalue weighted by Crippen LogP contribution is 2.34. The largest absolute Gasteiger partial charge is 0.493 e. The summed E-state index contributed by atoms with van der Waals surface area (Å²) in [6.45, 7) is 5.99. The number of allylic oxidation sites excluding steroid dienone is 1. The van der Waals surface area contributed by atoms with E-state index in [1.807, 2.05) is 59.5 Å². The number of carbonyl (C=O) groups excluding carboxylic acids is 1. The summed E-state index contributed by atoms with van der Waals surface area (Å²) >= 11 is 3.52. The standard InChI is InChI=1S/C30H30BrN3O2/c1-2-10-22-11-3-6-16-28(22)36-18-8-7-17-33-27-15-5-4-14-26(27)32-30(33)23-19-29(35)34(21-23)25-13-9-12-24(31)20-25/h2-6,9,11-16,20,23H,1,7-8,10,17-19,21H2. The van der Waals surface area contributed by atoms with E-state index in [9.17, 15) is 4.79 Å². The second-order valence-electron chi connectivity index (χ2n) is 9.15. The van der Waals surface area contributed by atoms with E-state index in [-0.39, 0.29) is 11.8 Å².